The number of likely N-dealkylation sites (tertiary alicyclic amines) is 1. The molecule has 3 aromatic heterocycles. The Bertz CT molecular complexity index is 1740. The number of furan rings is 1. The molecule has 11 heteroatoms. The minimum atomic E-state index is -0.332. The number of ether oxygens (including phenoxy) is 1. The lowest BCUT2D eigenvalue weighted by molar-refractivity contribution is -0.134. The highest BCUT2D eigenvalue weighted by Gasteiger charge is 2.40. The van der Waals surface area contributed by atoms with Crippen LogP contribution in [0.25, 0.3) is 22.1 Å². The van der Waals surface area contributed by atoms with Crippen molar-refractivity contribution in [2.24, 2.45) is 5.92 Å². The van der Waals surface area contributed by atoms with E-state index in [1.165, 1.54) is 12.3 Å². The first-order chi connectivity index (χ1) is 21.7. The normalized spacial score (nSPS) is 19.8. The van der Waals surface area contributed by atoms with Crippen LogP contribution in [0.4, 0.5) is 5.82 Å². The molecule has 2 saturated heterocycles. The number of nitrogens with one attached hydrogen (secondary N) is 1. The maximum atomic E-state index is 13.0. The number of H-pyrrole nitrogens is 1. The molecule has 2 atom stereocenters. The molecule has 2 aliphatic heterocycles. The van der Waals surface area contributed by atoms with Gasteiger partial charge in [0.25, 0.3) is 5.56 Å². The van der Waals surface area contributed by atoms with Crippen molar-refractivity contribution >= 4 is 45.4 Å². The number of fused-ring (bicyclic) bond motifs is 3. The van der Waals surface area contributed by atoms with E-state index in [4.69, 9.17) is 35.8 Å². The second kappa shape index (κ2) is 14.4. The minimum absolute atomic E-state index is 0.110. The smallest absolute Gasteiger partial charge is 0.251 e. The number of aliphatic hydroxyl groups excluding tert-OH is 1. The third-order valence-corrected chi connectivity index (χ3v) is 9.34. The van der Waals surface area contributed by atoms with E-state index in [0.29, 0.717) is 56.2 Å². The van der Waals surface area contributed by atoms with Crippen LogP contribution in [0.1, 0.15) is 57.3 Å². The van der Waals surface area contributed by atoms with Gasteiger partial charge in [-0.1, -0.05) is 44.0 Å². The lowest BCUT2D eigenvalue weighted by Crippen LogP contribution is -2.51. The lowest BCUT2D eigenvalue weighted by Gasteiger charge is -2.44. The van der Waals surface area contributed by atoms with E-state index < -0.39 is 0 Å². The average molecular weight is 634 g/mol. The number of carbonyl (C=O) groups excluding carboxylic acids is 1. The molecule has 2 aliphatic rings. The van der Waals surface area contributed by atoms with Crippen molar-refractivity contribution < 1.29 is 19.1 Å². The largest absolute Gasteiger partial charge is 0.462 e. The summed E-state index contributed by atoms with van der Waals surface area (Å²) >= 11 is 6.17. The van der Waals surface area contributed by atoms with E-state index in [-0.39, 0.29) is 22.8 Å². The average Bonchev–Trinajstić information content (AvgIpc) is 3.70. The summed E-state index contributed by atoms with van der Waals surface area (Å²) in [5.74, 6) is 1.88. The van der Waals surface area contributed by atoms with Gasteiger partial charge in [0.1, 0.15) is 23.0 Å². The summed E-state index contributed by atoms with van der Waals surface area (Å²) in [5, 5.41) is 8.62. The number of aromatic amines is 1. The molecule has 10 nitrogen and oxygen atoms in total. The van der Waals surface area contributed by atoms with Gasteiger partial charge in [0, 0.05) is 68.2 Å². The maximum Gasteiger partial charge on any atom is 0.251 e. The van der Waals surface area contributed by atoms with Gasteiger partial charge in [0.15, 0.2) is 11.4 Å². The van der Waals surface area contributed by atoms with Crippen molar-refractivity contribution in [1.29, 1.82) is 0 Å². The molecule has 4 aromatic rings. The minimum Gasteiger partial charge on any atom is -0.462 e. The van der Waals surface area contributed by atoms with Crippen molar-refractivity contribution in [3.63, 3.8) is 0 Å². The molecule has 2 N–H and O–H groups in total. The summed E-state index contributed by atoms with van der Waals surface area (Å²) in [6, 6.07) is 9.75. The van der Waals surface area contributed by atoms with Gasteiger partial charge in [-0.3, -0.25) is 9.59 Å². The van der Waals surface area contributed by atoms with E-state index >= 15 is 0 Å². The van der Waals surface area contributed by atoms with Gasteiger partial charge in [-0.2, -0.15) is 0 Å². The van der Waals surface area contributed by atoms with E-state index in [2.05, 4.69) is 30.2 Å². The second-order valence-electron chi connectivity index (χ2n) is 12.0. The first-order valence-corrected chi connectivity index (χ1v) is 15.9. The first-order valence-electron chi connectivity index (χ1n) is 15.5. The van der Waals surface area contributed by atoms with Crippen LogP contribution < -0.4 is 10.5 Å². The SMILES string of the molecule is C#CO.CC1CN(C(=O)CCCOCCc2nc(N3CCCC3)c3oc4ccccc4c3n2)CCC1(C)c1cc(Cl)c[nH]c1=O. The van der Waals surface area contributed by atoms with Gasteiger partial charge in [-0.05, 0) is 49.8 Å². The highest BCUT2D eigenvalue weighted by molar-refractivity contribution is 6.30. The monoisotopic (exact) mass is 633 g/mol. The number of carbonyl (C=O) groups is 1. The number of amides is 1. The summed E-state index contributed by atoms with van der Waals surface area (Å²) in [7, 11) is 0. The third kappa shape index (κ3) is 7.10. The summed E-state index contributed by atoms with van der Waals surface area (Å²) in [4.78, 5) is 42.2. The van der Waals surface area contributed by atoms with E-state index in [1.54, 1.807) is 6.07 Å². The number of hydrogen-bond donors (Lipinski definition) is 2. The highest BCUT2D eigenvalue weighted by Crippen LogP contribution is 2.39. The quantitative estimate of drug-likeness (QED) is 0.185. The maximum absolute atomic E-state index is 13.0. The number of nitrogens with zero attached hydrogens (tertiary/aromatic N) is 4. The van der Waals surface area contributed by atoms with Crippen LogP contribution in [0.3, 0.4) is 0 Å². The molecule has 0 saturated carbocycles. The molecule has 238 valence electrons. The van der Waals surface area contributed by atoms with E-state index in [1.807, 2.05) is 29.2 Å². The van der Waals surface area contributed by atoms with Gasteiger partial charge in [0.2, 0.25) is 5.91 Å². The van der Waals surface area contributed by atoms with Crippen LogP contribution in [0.2, 0.25) is 5.02 Å². The number of hydrogen-bond acceptors (Lipinski definition) is 8. The molecule has 1 amide bonds. The zero-order valence-corrected chi connectivity index (χ0v) is 26.6. The fraction of sp³-hybridized carbons (Fsp3) is 0.471. The van der Waals surface area contributed by atoms with Crippen molar-refractivity contribution in [3.8, 4) is 12.5 Å². The lowest BCUT2D eigenvalue weighted by atomic mass is 9.68. The van der Waals surface area contributed by atoms with Gasteiger partial charge < -0.3 is 29.0 Å². The molecule has 0 bridgehead atoms. The molecule has 1 aromatic carbocycles. The van der Waals surface area contributed by atoms with E-state index in [9.17, 15) is 9.59 Å². The molecule has 5 heterocycles. The fourth-order valence-corrected chi connectivity index (χ4v) is 6.53. The number of piperidine rings is 1. The standard InChI is InChI=1S/C32H38ClN5O4.C2H2O/c1-21-20-38(15-12-32(21,2)24-18-22(33)19-34-31(24)40)27(39)10-7-16-41-17-11-26-35-28-23-8-3-4-9-25(23)42-29(28)30(36-26)37-13-5-6-14-37;1-2-3/h3-4,8-9,18-19,21H,5-7,10-17,20H2,1-2H3,(H,34,40);1,3H. The predicted molar refractivity (Wildman–Crippen MR) is 175 cm³/mol. The van der Waals surface area contributed by atoms with Gasteiger partial charge in [-0.25, -0.2) is 9.97 Å². The molecule has 2 unspecified atom stereocenters. The highest BCUT2D eigenvalue weighted by atomic mass is 35.5. The Morgan fingerprint density at radius 1 is 1.24 bits per heavy atom. The van der Waals surface area contributed by atoms with Crippen molar-refractivity contribution in [1.82, 2.24) is 19.9 Å². The van der Waals surface area contributed by atoms with Crippen LogP contribution in [-0.2, 0) is 21.4 Å². The molecule has 6 rings (SSSR count). The number of aromatic nitrogens is 3. The number of terminal acetylenes is 1. The molecule has 0 spiro atoms. The Balaban J connectivity index is 0.00000128. The first kappa shape index (κ1) is 32.3. The summed E-state index contributed by atoms with van der Waals surface area (Å²) < 4.78 is 12.1. The van der Waals surface area contributed by atoms with Crippen LogP contribution in [-0.4, -0.2) is 70.3 Å². The van der Waals surface area contributed by atoms with Gasteiger partial charge >= 0.3 is 0 Å². The Labute approximate surface area is 267 Å². The third-order valence-electron chi connectivity index (χ3n) is 9.12. The molecule has 45 heavy (non-hydrogen) atoms. The number of halogens is 1. The number of aliphatic hydroxyl groups is 1. The Morgan fingerprint density at radius 3 is 2.76 bits per heavy atom. The number of pyridine rings is 1. The second-order valence-corrected chi connectivity index (χ2v) is 12.4. The van der Waals surface area contributed by atoms with Crippen LogP contribution >= 0.6 is 11.6 Å². The predicted octanol–water partition coefficient (Wildman–Crippen LogP) is 5.43. The molecule has 0 radical (unpaired) electrons. The molecule has 0 aliphatic carbocycles. The van der Waals surface area contributed by atoms with Crippen LogP contribution in [0.5, 0.6) is 0 Å². The number of para-hydroxylation sites is 1. The van der Waals surface area contributed by atoms with Crippen LogP contribution in [0, 0.1) is 18.4 Å². The fourth-order valence-electron chi connectivity index (χ4n) is 6.37. The topological polar surface area (TPSA) is 125 Å². The zero-order valence-electron chi connectivity index (χ0n) is 25.9. The van der Waals surface area contributed by atoms with Gasteiger partial charge in [0.05, 0.1) is 11.6 Å². The molecular formula is C34H40ClN5O5. The van der Waals surface area contributed by atoms with E-state index in [0.717, 1.165) is 66.1 Å². The molecule has 2 fully saturated rings. The Hall–Kier alpha value is -4.07. The summed E-state index contributed by atoms with van der Waals surface area (Å²) in [6.45, 7) is 8.37. The summed E-state index contributed by atoms with van der Waals surface area (Å²) in [6.07, 6.45) is 11.6. The Morgan fingerprint density at radius 2 is 2.00 bits per heavy atom. The van der Waals surface area contributed by atoms with Crippen molar-refractivity contribution in [2.75, 3.05) is 44.3 Å². The number of rotatable bonds is 9. The zero-order chi connectivity index (χ0) is 32.0. The summed E-state index contributed by atoms with van der Waals surface area (Å²) in [5.41, 5.74) is 2.69. The Kier molecular flexibility index (Phi) is 10.3. The van der Waals surface area contributed by atoms with Crippen LogP contribution in [0.15, 0.2) is 45.7 Å². The van der Waals surface area contributed by atoms with Crippen molar-refractivity contribution in [2.45, 2.75) is 57.8 Å². The number of anilines is 1. The number of benzene rings is 1. The van der Waals surface area contributed by atoms with Gasteiger partial charge in [-0.15, -0.1) is 0 Å². The molecular weight excluding hydrogens is 594 g/mol. The van der Waals surface area contributed by atoms with Crippen molar-refractivity contribution in [3.05, 3.63) is 63.3 Å².